The topological polar surface area (TPSA) is 175 Å². The smallest absolute Gasteiger partial charge is 0.335 e. The van der Waals surface area contributed by atoms with Crippen LogP contribution in [0.1, 0.15) is 239 Å². The standard InChI is InChI=1S/C69H110O12/c1-4-7-10-13-16-19-22-25-28-30-31-33-35-37-40-43-46-49-52-55-61(70)77-58-60(79-62(71)56-53-50-47-44-41-38-34-27-24-21-18-15-12-9-6-3)59-78-69-67(65(74)64(73)66(81-69)68(75)76)80-63(72)57-54-51-48-45-42-39-36-32-29-26-23-20-17-14-11-8-5-2/h7-8,10-11,16-21,25-29,31,33-34,37,40,60,64-67,69,73-74H,4-6,9,12-15,22-24,30,32,35-36,38-39,41-59H2,1-3H3,(H,75,76)/b10-7-,11-8-,19-16-,20-17-,21-18-,28-25-,29-26-,33-31-,34-27-,40-37-. The van der Waals surface area contributed by atoms with Gasteiger partial charge in [-0.2, -0.15) is 0 Å². The summed E-state index contributed by atoms with van der Waals surface area (Å²) in [6.07, 6.45) is 64.4. The lowest BCUT2D eigenvalue weighted by molar-refractivity contribution is -0.301. The SMILES string of the molecule is CC/C=C\C/C=C\C/C=C\C/C=C\C/C=C\CCCCCC(=O)OCC(COC1OC(C(=O)O)C(O)C(O)C1OC(=O)CCCCCCCCC/C=C\C/C=C\C/C=C\CC)OC(=O)CCCCCCC/C=C\C/C=C\CCCCC. The van der Waals surface area contributed by atoms with Crippen molar-refractivity contribution in [2.75, 3.05) is 13.2 Å². The molecule has 0 aromatic heterocycles. The number of carbonyl (C=O) groups excluding carboxylic acids is 3. The Bertz CT molecular complexity index is 1870. The Balaban J connectivity index is 2.71. The van der Waals surface area contributed by atoms with E-state index in [1.807, 2.05) is 0 Å². The molecule has 6 unspecified atom stereocenters. The molecule has 0 amide bonds. The molecular formula is C69H110O12. The number of hydrogen-bond donors (Lipinski definition) is 3. The first-order valence-electron chi connectivity index (χ1n) is 31.5. The third-order valence-electron chi connectivity index (χ3n) is 13.5. The molecule has 1 aliphatic rings. The van der Waals surface area contributed by atoms with Crippen molar-refractivity contribution in [3.63, 3.8) is 0 Å². The van der Waals surface area contributed by atoms with Crippen LogP contribution in [0.5, 0.6) is 0 Å². The van der Waals surface area contributed by atoms with Gasteiger partial charge in [0, 0.05) is 19.3 Å². The van der Waals surface area contributed by atoms with Gasteiger partial charge in [0.1, 0.15) is 18.8 Å². The van der Waals surface area contributed by atoms with E-state index in [4.69, 9.17) is 23.7 Å². The zero-order valence-corrected chi connectivity index (χ0v) is 50.5. The first-order chi connectivity index (χ1) is 39.6. The Morgan fingerprint density at radius 3 is 1.20 bits per heavy atom. The van der Waals surface area contributed by atoms with Crippen molar-refractivity contribution >= 4 is 23.9 Å². The number of hydrogen-bond acceptors (Lipinski definition) is 11. The Morgan fingerprint density at radius 2 is 0.778 bits per heavy atom. The number of ether oxygens (including phenoxy) is 5. The molecule has 1 saturated heterocycles. The number of aliphatic carboxylic acids is 1. The van der Waals surface area contributed by atoms with Crippen LogP contribution in [0.2, 0.25) is 0 Å². The van der Waals surface area contributed by atoms with Gasteiger partial charge in [0.05, 0.1) is 6.61 Å². The van der Waals surface area contributed by atoms with Crippen molar-refractivity contribution < 1.29 is 58.2 Å². The van der Waals surface area contributed by atoms with E-state index < -0.39 is 67.3 Å². The molecule has 12 nitrogen and oxygen atoms in total. The minimum atomic E-state index is -1.92. The van der Waals surface area contributed by atoms with Gasteiger partial charge in [-0.15, -0.1) is 0 Å². The van der Waals surface area contributed by atoms with Crippen LogP contribution < -0.4 is 0 Å². The Hall–Kier alpha value is -4.88. The Morgan fingerprint density at radius 1 is 0.420 bits per heavy atom. The van der Waals surface area contributed by atoms with E-state index in [9.17, 15) is 34.5 Å². The lowest BCUT2D eigenvalue weighted by Gasteiger charge is -2.40. The van der Waals surface area contributed by atoms with Crippen LogP contribution in [-0.4, -0.2) is 89.2 Å². The molecule has 0 spiro atoms. The number of carbonyl (C=O) groups is 4. The monoisotopic (exact) mass is 1130 g/mol. The van der Waals surface area contributed by atoms with Gasteiger partial charge in [0.15, 0.2) is 24.6 Å². The zero-order chi connectivity index (χ0) is 58.9. The molecule has 1 heterocycles. The van der Waals surface area contributed by atoms with E-state index in [1.54, 1.807) is 0 Å². The molecule has 81 heavy (non-hydrogen) atoms. The van der Waals surface area contributed by atoms with Crippen molar-refractivity contribution in [3.05, 3.63) is 122 Å². The van der Waals surface area contributed by atoms with Crippen LogP contribution in [0.25, 0.3) is 0 Å². The van der Waals surface area contributed by atoms with Gasteiger partial charge in [0.2, 0.25) is 0 Å². The molecule has 12 heteroatoms. The molecule has 0 aliphatic carbocycles. The van der Waals surface area contributed by atoms with E-state index in [0.29, 0.717) is 19.3 Å². The second kappa shape index (κ2) is 55.6. The molecule has 1 aliphatic heterocycles. The zero-order valence-electron chi connectivity index (χ0n) is 50.5. The van der Waals surface area contributed by atoms with Crippen molar-refractivity contribution in [2.45, 2.75) is 276 Å². The number of allylic oxidation sites excluding steroid dienone is 20. The first-order valence-corrected chi connectivity index (χ1v) is 31.5. The molecule has 3 N–H and O–H groups in total. The molecule has 0 saturated carbocycles. The summed E-state index contributed by atoms with van der Waals surface area (Å²) in [7, 11) is 0. The molecular weight excluding hydrogens is 1020 g/mol. The van der Waals surface area contributed by atoms with Crippen LogP contribution >= 0.6 is 0 Å². The predicted molar refractivity (Wildman–Crippen MR) is 330 cm³/mol. The lowest BCUT2D eigenvalue weighted by Crippen LogP contribution is -2.61. The number of unbranched alkanes of at least 4 members (excludes halogenated alkanes) is 18. The first kappa shape index (κ1) is 74.1. The van der Waals surface area contributed by atoms with E-state index >= 15 is 0 Å². The van der Waals surface area contributed by atoms with Gasteiger partial charge in [0.25, 0.3) is 0 Å². The normalized spacial score (nSPS) is 18.6. The summed E-state index contributed by atoms with van der Waals surface area (Å²) in [6, 6.07) is 0. The highest BCUT2D eigenvalue weighted by molar-refractivity contribution is 5.74. The molecule has 0 aromatic carbocycles. The van der Waals surface area contributed by atoms with Crippen molar-refractivity contribution in [1.82, 2.24) is 0 Å². The number of rotatable bonds is 52. The lowest BCUT2D eigenvalue weighted by atomic mass is 9.98. The summed E-state index contributed by atoms with van der Waals surface area (Å²) < 4.78 is 28.5. The molecule has 6 atom stereocenters. The van der Waals surface area contributed by atoms with E-state index in [-0.39, 0.29) is 25.9 Å². The summed E-state index contributed by atoms with van der Waals surface area (Å²) in [6.45, 7) is 5.70. The highest BCUT2D eigenvalue weighted by Gasteiger charge is 2.50. The van der Waals surface area contributed by atoms with Gasteiger partial charge in [-0.1, -0.05) is 213 Å². The number of aliphatic hydroxyl groups is 2. The second-order valence-electron chi connectivity index (χ2n) is 20.9. The Kier molecular flexibility index (Phi) is 50.9. The summed E-state index contributed by atoms with van der Waals surface area (Å²) in [5.41, 5.74) is 0. The largest absolute Gasteiger partial charge is 0.479 e. The minimum absolute atomic E-state index is 0.0380. The van der Waals surface area contributed by atoms with Crippen molar-refractivity contribution in [3.8, 4) is 0 Å². The van der Waals surface area contributed by atoms with Crippen molar-refractivity contribution in [1.29, 1.82) is 0 Å². The Labute approximate surface area is 490 Å². The average Bonchev–Trinajstić information content (AvgIpc) is 3.53. The molecule has 0 bridgehead atoms. The van der Waals surface area contributed by atoms with Gasteiger partial charge in [-0.25, -0.2) is 4.79 Å². The second-order valence-corrected chi connectivity index (χ2v) is 20.9. The van der Waals surface area contributed by atoms with Gasteiger partial charge in [-0.3, -0.25) is 14.4 Å². The average molecular weight is 1130 g/mol. The quantitative estimate of drug-likeness (QED) is 0.0228. The highest BCUT2D eigenvalue weighted by atomic mass is 16.7. The maximum Gasteiger partial charge on any atom is 0.335 e. The number of carboxylic acids is 1. The van der Waals surface area contributed by atoms with E-state index in [2.05, 4.69) is 142 Å². The van der Waals surface area contributed by atoms with E-state index in [0.717, 1.165) is 161 Å². The third kappa shape index (κ3) is 45.3. The summed E-state index contributed by atoms with van der Waals surface area (Å²) in [5.74, 6) is -3.21. The maximum absolute atomic E-state index is 13.2. The summed E-state index contributed by atoms with van der Waals surface area (Å²) in [4.78, 5) is 51.3. The van der Waals surface area contributed by atoms with Gasteiger partial charge < -0.3 is 39.0 Å². The molecule has 0 aromatic rings. The van der Waals surface area contributed by atoms with Gasteiger partial charge >= 0.3 is 23.9 Å². The molecule has 1 fully saturated rings. The molecule has 1 rings (SSSR count). The van der Waals surface area contributed by atoms with Crippen molar-refractivity contribution in [2.24, 2.45) is 0 Å². The minimum Gasteiger partial charge on any atom is -0.479 e. The summed E-state index contributed by atoms with van der Waals surface area (Å²) >= 11 is 0. The molecule has 0 radical (unpaired) electrons. The van der Waals surface area contributed by atoms with Crippen LogP contribution in [0.3, 0.4) is 0 Å². The number of aliphatic hydroxyl groups excluding tert-OH is 2. The highest BCUT2D eigenvalue weighted by Crippen LogP contribution is 2.26. The fraction of sp³-hybridized carbons (Fsp3) is 0.652. The van der Waals surface area contributed by atoms with Crippen LogP contribution in [-0.2, 0) is 42.9 Å². The number of carboxylic acid groups (broad SMARTS) is 1. The summed E-state index contributed by atoms with van der Waals surface area (Å²) in [5, 5.41) is 31.6. The van der Waals surface area contributed by atoms with E-state index in [1.165, 1.54) is 19.3 Å². The third-order valence-corrected chi connectivity index (χ3v) is 13.5. The van der Waals surface area contributed by atoms with Gasteiger partial charge in [-0.05, 0) is 128 Å². The fourth-order valence-electron chi connectivity index (χ4n) is 8.73. The maximum atomic E-state index is 13.2. The van der Waals surface area contributed by atoms with Crippen LogP contribution in [0.4, 0.5) is 0 Å². The number of esters is 3. The van der Waals surface area contributed by atoms with Crippen LogP contribution in [0.15, 0.2) is 122 Å². The van der Waals surface area contributed by atoms with Crippen LogP contribution in [0, 0.1) is 0 Å². The molecule has 458 valence electrons. The predicted octanol–water partition coefficient (Wildman–Crippen LogP) is 16.8. The fourth-order valence-corrected chi connectivity index (χ4v) is 8.73.